The van der Waals surface area contributed by atoms with Gasteiger partial charge in [0.25, 0.3) is 10.0 Å². The lowest BCUT2D eigenvalue weighted by atomic mass is 10.3. The van der Waals surface area contributed by atoms with Crippen LogP contribution in [0, 0.1) is 0 Å². The zero-order valence-corrected chi connectivity index (χ0v) is 14.1. The maximum Gasteiger partial charge on any atom is 0.328 e. The highest BCUT2D eigenvalue weighted by molar-refractivity contribution is 7.92. The number of rotatable bonds is 6. The number of aliphatic carboxylic acids is 1. The van der Waals surface area contributed by atoms with Crippen molar-refractivity contribution in [3.63, 3.8) is 0 Å². The molecule has 25 heavy (non-hydrogen) atoms. The second-order valence-corrected chi connectivity index (χ2v) is 6.96. The number of hydrogen-bond acceptors (Lipinski definition) is 4. The summed E-state index contributed by atoms with van der Waals surface area (Å²) in [7, 11) is -2.27. The zero-order chi connectivity index (χ0) is 18.4. The largest absolute Gasteiger partial charge is 0.478 e. The van der Waals surface area contributed by atoms with E-state index < -0.39 is 21.9 Å². The predicted octanol–water partition coefficient (Wildman–Crippen LogP) is 2.09. The summed E-state index contributed by atoms with van der Waals surface area (Å²) < 4.78 is 26.4. The summed E-state index contributed by atoms with van der Waals surface area (Å²) in [5.41, 5.74) is 0.875. The summed E-state index contributed by atoms with van der Waals surface area (Å²) in [5.74, 6) is -1.86. The van der Waals surface area contributed by atoms with E-state index in [1.165, 1.54) is 31.3 Å². The number of carboxylic acid groups (broad SMARTS) is 1. The number of nitrogens with zero attached hydrogens (tertiary/aromatic N) is 1. The maximum absolute atomic E-state index is 12.6. The van der Waals surface area contributed by atoms with Crippen molar-refractivity contribution in [1.29, 1.82) is 0 Å². The van der Waals surface area contributed by atoms with Crippen LogP contribution in [0.5, 0.6) is 0 Å². The molecule has 0 aromatic heterocycles. The van der Waals surface area contributed by atoms with Gasteiger partial charge in [0.05, 0.1) is 10.6 Å². The molecule has 0 unspecified atom stereocenters. The monoisotopic (exact) mass is 360 g/mol. The second-order valence-electron chi connectivity index (χ2n) is 4.99. The first-order valence-electron chi connectivity index (χ1n) is 7.17. The van der Waals surface area contributed by atoms with Crippen LogP contribution in [-0.2, 0) is 19.6 Å². The van der Waals surface area contributed by atoms with Crippen LogP contribution in [0.15, 0.2) is 71.6 Å². The van der Waals surface area contributed by atoms with Crippen LogP contribution in [-0.4, -0.2) is 32.4 Å². The van der Waals surface area contributed by atoms with Crippen LogP contribution in [0.3, 0.4) is 0 Å². The van der Waals surface area contributed by atoms with Crippen molar-refractivity contribution in [2.45, 2.75) is 4.90 Å². The van der Waals surface area contributed by atoms with Gasteiger partial charge < -0.3 is 10.4 Å². The quantitative estimate of drug-likeness (QED) is 0.768. The number of hydrogen-bond donors (Lipinski definition) is 2. The molecular weight excluding hydrogens is 344 g/mol. The van der Waals surface area contributed by atoms with Crippen LogP contribution in [0.2, 0.25) is 0 Å². The van der Waals surface area contributed by atoms with Crippen molar-refractivity contribution in [1.82, 2.24) is 0 Å². The summed E-state index contributed by atoms with van der Waals surface area (Å²) in [6.07, 6.45) is 1.58. The lowest BCUT2D eigenvalue weighted by Gasteiger charge is -2.19. The predicted molar refractivity (Wildman–Crippen MR) is 93.9 cm³/mol. The van der Waals surface area contributed by atoms with E-state index >= 15 is 0 Å². The molecule has 0 heterocycles. The highest BCUT2D eigenvalue weighted by atomic mass is 32.2. The molecule has 7 nitrogen and oxygen atoms in total. The van der Waals surface area contributed by atoms with E-state index in [-0.39, 0.29) is 4.90 Å². The Morgan fingerprint density at radius 1 is 1.00 bits per heavy atom. The number of sulfonamides is 1. The van der Waals surface area contributed by atoms with Crippen LogP contribution in [0.4, 0.5) is 11.4 Å². The molecule has 1 amide bonds. The standard InChI is InChI=1S/C17H16N2O5S/c1-19(14-5-3-2-4-6-14)25(23,24)15-9-7-13(8-10-15)18-16(20)11-12-17(21)22/h2-12H,1H3,(H,18,20)(H,21,22)/b12-11-. The molecule has 0 aliphatic carbocycles. The molecule has 0 aliphatic rings. The fourth-order valence-electron chi connectivity index (χ4n) is 1.98. The zero-order valence-electron chi connectivity index (χ0n) is 13.3. The maximum atomic E-state index is 12.6. The average molecular weight is 360 g/mol. The van der Waals surface area contributed by atoms with E-state index in [1.807, 2.05) is 0 Å². The van der Waals surface area contributed by atoms with Gasteiger partial charge in [0.2, 0.25) is 5.91 Å². The molecule has 0 aliphatic heterocycles. The van der Waals surface area contributed by atoms with Gasteiger partial charge in [-0.05, 0) is 36.4 Å². The average Bonchev–Trinajstić information content (AvgIpc) is 2.60. The minimum Gasteiger partial charge on any atom is -0.478 e. The number of anilines is 2. The van der Waals surface area contributed by atoms with Gasteiger partial charge in [-0.3, -0.25) is 9.10 Å². The fourth-order valence-corrected chi connectivity index (χ4v) is 3.17. The van der Waals surface area contributed by atoms with Crippen molar-refractivity contribution in [2.75, 3.05) is 16.7 Å². The SMILES string of the molecule is CN(c1ccccc1)S(=O)(=O)c1ccc(NC(=O)/C=C\C(=O)O)cc1. The Balaban J connectivity index is 2.16. The fraction of sp³-hybridized carbons (Fsp3) is 0.0588. The van der Waals surface area contributed by atoms with E-state index in [4.69, 9.17) is 5.11 Å². The minimum atomic E-state index is -3.73. The molecule has 0 radical (unpaired) electrons. The van der Waals surface area contributed by atoms with Crippen LogP contribution in [0.25, 0.3) is 0 Å². The van der Waals surface area contributed by atoms with Gasteiger partial charge in [-0.1, -0.05) is 18.2 Å². The van der Waals surface area contributed by atoms with Gasteiger partial charge >= 0.3 is 5.97 Å². The molecule has 2 aromatic carbocycles. The summed E-state index contributed by atoms with van der Waals surface area (Å²) in [6, 6.07) is 14.2. The number of para-hydroxylation sites is 1. The Morgan fingerprint density at radius 2 is 1.60 bits per heavy atom. The van der Waals surface area contributed by atoms with Crippen molar-refractivity contribution in [3.05, 3.63) is 66.7 Å². The topological polar surface area (TPSA) is 104 Å². The number of amides is 1. The molecule has 0 saturated carbocycles. The van der Waals surface area contributed by atoms with Gasteiger partial charge in [-0.25, -0.2) is 13.2 Å². The summed E-state index contributed by atoms with van der Waals surface area (Å²) >= 11 is 0. The second kappa shape index (κ2) is 7.63. The van der Waals surface area contributed by atoms with Gasteiger partial charge in [0.15, 0.2) is 0 Å². The van der Waals surface area contributed by atoms with Crippen LogP contribution < -0.4 is 9.62 Å². The molecule has 0 saturated heterocycles. The normalized spacial score (nSPS) is 11.2. The lowest BCUT2D eigenvalue weighted by Crippen LogP contribution is -2.26. The summed E-state index contributed by atoms with van der Waals surface area (Å²) in [5, 5.41) is 10.9. The number of benzene rings is 2. The molecule has 130 valence electrons. The van der Waals surface area contributed by atoms with Gasteiger partial charge in [0.1, 0.15) is 0 Å². The van der Waals surface area contributed by atoms with E-state index in [9.17, 15) is 18.0 Å². The Kier molecular flexibility index (Phi) is 5.56. The lowest BCUT2D eigenvalue weighted by molar-refractivity contribution is -0.131. The van der Waals surface area contributed by atoms with Crippen molar-refractivity contribution >= 4 is 33.3 Å². The smallest absolute Gasteiger partial charge is 0.328 e. The molecule has 0 atom stereocenters. The molecule has 2 N–H and O–H groups in total. The highest BCUT2D eigenvalue weighted by Gasteiger charge is 2.20. The van der Waals surface area contributed by atoms with Gasteiger partial charge in [-0.2, -0.15) is 0 Å². The Hall–Kier alpha value is -3.13. The third-order valence-electron chi connectivity index (χ3n) is 3.28. The molecular formula is C17H16N2O5S. The summed E-state index contributed by atoms with van der Waals surface area (Å²) in [4.78, 5) is 21.9. The molecule has 0 spiro atoms. The third-order valence-corrected chi connectivity index (χ3v) is 5.08. The van der Waals surface area contributed by atoms with Crippen molar-refractivity contribution < 1.29 is 23.1 Å². The molecule has 0 bridgehead atoms. The van der Waals surface area contributed by atoms with Crippen LogP contribution >= 0.6 is 0 Å². The van der Waals surface area contributed by atoms with E-state index in [0.29, 0.717) is 17.5 Å². The third kappa shape index (κ3) is 4.67. The number of nitrogens with one attached hydrogen (secondary N) is 1. The van der Waals surface area contributed by atoms with E-state index in [2.05, 4.69) is 5.32 Å². The molecule has 0 fully saturated rings. The summed E-state index contributed by atoms with van der Waals surface area (Å²) in [6.45, 7) is 0. The highest BCUT2D eigenvalue weighted by Crippen LogP contribution is 2.22. The Labute approximate surface area is 145 Å². The Morgan fingerprint density at radius 3 is 2.16 bits per heavy atom. The van der Waals surface area contributed by atoms with Crippen molar-refractivity contribution in [2.24, 2.45) is 0 Å². The first-order valence-corrected chi connectivity index (χ1v) is 8.61. The van der Waals surface area contributed by atoms with Crippen molar-refractivity contribution in [3.8, 4) is 0 Å². The van der Waals surface area contributed by atoms with Gasteiger partial charge in [-0.15, -0.1) is 0 Å². The molecule has 2 rings (SSSR count). The molecule has 8 heteroatoms. The van der Waals surface area contributed by atoms with E-state index in [0.717, 1.165) is 10.4 Å². The van der Waals surface area contributed by atoms with E-state index in [1.54, 1.807) is 30.3 Å². The Bertz CT molecular complexity index is 890. The first-order chi connectivity index (χ1) is 11.8. The number of carbonyl (C=O) groups is 2. The number of carbonyl (C=O) groups excluding carboxylic acids is 1. The van der Waals surface area contributed by atoms with Gasteiger partial charge in [0, 0.05) is 24.9 Å². The van der Waals surface area contributed by atoms with Crippen LogP contribution in [0.1, 0.15) is 0 Å². The minimum absolute atomic E-state index is 0.0675. The number of carboxylic acids is 1. The molecule has 2 aromatic rings. The first kappa shape index (κ1) is 18.2.